The van der Waals surface area contributed by atoms with Crippen LogP contribution in [0.25, 0.3) is 0 Å². The summed E-state index contributed by atoms with van der Waals surface area (Å²) in [6.07, 6.45) is 1.78. The first-order chi connectivity index (χ1) is 8.93. The maximum absolute atomic E-state index is 13.4. The molecule has 19 heavy (non-hydrogen) atoms. The van der Waals surface area contributed by atoms with Crippen LogP contribution in [0.4, 0.5) is 4.39 Å². The van der Waals surface area contributed by atoms with Gasteiger partial charge < -0.3 is 5.32 Å². The third kappa shape index (κ3) is 3.13. The number of nitrogens with zero attached hydrogens (tertiary/aromatic N) is 1. The first-order valence-electron chi connectivity index (χ1n) is 6.38. The molecule has 1 fully saturated rings. The predicted molar refractivity (Wildman–Crippen MR) is 72.0 cm³/mol. The van der Waals surface area contributed by atoms with Crippen LogP contribution in [0.15, 0.2) is 23.1 Å². The predicted octanol–water partition coefficient (Wildman–Crippen LogP) is 1.51. The molecular formula is C13H19FN2O2S. The van der Waals surface area contributed by atoms with E-state index in [4.69, 9.17) is 0 Å². The van der Waals surface area contributed by atoms with Gasteiger partial charge in [-0.25, -0.2) is 12.8 Å². The summed E-state index contributed by atoms with van der Waals surface area (Å²) >= 11 is 0. The monoisotopic (exact) mass is 286 g/mol. The number of rotatable bonds is 3. The minimum Gasteiger partial charge on any atom is -0.316 e. The lowest BCUT2D eigenvalue weighted by Crippen LogP contribution is -2.46. The van der Waals surface area contributed by atoms with Gasteiger partial charge in [-0.15, -0.1) is 0 Å². The van der Waals surface area contributed by atoms with Crippen LogP contribution in [0, 0.1) is 12.7 Å². The quantitative estimate of drug-likeness (QED) is 0.916. The highest BCUT2D eigenvalue weighted by Crippen LogP contribution is 2.22. The summed E-state index contributed by atoms with van der Waals surface area (Å²) in [5.74, 6) is -0.513. The van der Waals surface area contributed by atoms with Gasteiger partial charge in [-0.05, 0) is 50.6 Å². The summed E-state index contributed by atoms with van der Waals surface area (Å²) in [5, 5.41) is 3.10. The fourth-order valence-corrected chi connectivity index (χ4v) is 4.04. The molecule has 4 nitrogen and oxygen atoms in total. The van der Waals surface area contributed by atoms with E-state index in [1.165, 1.54) is 16.4 Å². The fraction of sp³-hybridized carbons (Fsp3) is 0.538. The molecule has 1 atom stereocenters. The number of likely N-dealkylation sites (N-methyl/N-ethyl adjacent to an activating group) is 1. The molecule has 6 heteroatoms. The molecule has 1 heterocycles. The first kappa shape index (κ1) is 14.4. The zero-order chi connectivity index (χ0) is 14.0. The highest BCUT2D eigenvalue weighted by Gasteiger charge is 2.30. The average molecular weight is 286 g/mol. The van der Waals surface area contributed by atoms with Gasteiger partial charge in [0.1, 0.15) is 5.82 Å². The molecule has 0 radical (unpaired) electrons. The van der Waals surface area contributed by atoms with E-state index >= 15 is 0 Å². The van der Waals surface area contributed by atoms with Gasteiger partial charge in [0, 0.05) is 19.1 Å². The van der Waals surface area contributed by atoms with E-state index in [-0.39, 0.29) is 10.9 Å². The van der Waals surface area contributed by atoms with Crippen molar-refractivity contribution in [3.05, 3.63) is 29.6 Å². The normalized spacial score (nSPS) is 21.5. The summed E-state index contributed by atoms with van der Waals surface area (Å²) in [4.78, 5) is 0.0433. The maximum atomic E-state index is 13.4. The average Bonchev–Trinajstić information content (AvgIpc) is 2.37. The number of benzene rings is 1. The summed E-state index contributed by atoms with van der Waals surface area (Å²) in [6.45, 7) is 2.62. The Hall–Kier alpha value is -0.980. The summed E-state index contributed by atoms with van der Waals surface area (Å²) in [6, 6.07) is 4.09. The molecule has 0 aliphatic carbocycles. The van der Waals surface area contributed by atoms with Crippen molar-refractivity contribution < 1.29 is 12.8 Å². The molecular weight excluding hydrogens is 267 g/mol. The molecule has 1 aliphatic rings. The zero-order valence-electron chi connectivity index (χ0n) is 11.2. The molecule has 0 amide bonds. The molecule has 1 aliphatic heterocycles. The number of hydrogen-bond acceptors (Lipinski definition) is 3. The smallest absolute Gasteiger partial charge is 0.243 e. The Kier molecular flexibility index (Phi) is 4.23. The Balaban J connectivity index is 2.31. The molecule has 0 aromatic heterocycles. The van der Waals surface area contributed by atoms with Crippen molar-refractivity contribution >= 4 is 10.0 Å². The number of sulfonamides is 1. The number of halogens is 1. The topological polar surface area (TPSA) is 49.4 Å². The standard InChI is InChI=1S/C13H19FN2O2S/c1-10-6-11(14)8-13(7-10)19(17,18)16-5-3-4-12(9-16)15-2/h6-8,12,15H,3-5,9H2,1-2H3. The van der Waals surface area contributed by atoms with Crippen LogP contribution in [0.2, 0.25) is 0 Å². The van der Waals surface area contributed by atoms with Crippen molar-refractivity contribution in [2.45, 2.75) is 30.7 Å². The molecule has 1 aromatic rings. The van der Waals surface area contributed by atoms with Crippen molar-refractivity contribution in [3.63, 3.8) is 0 Å². The third-order valence-corrected chi connectivity index (χ3v) is 5.29. The molecule has 2 rings (SSSR count). The first-order valence-corrected chi connectivity index (χ1v) is 7.82. The second-order valence-electron chi connectivity index (χ2n) is 4.96. The Labute approximate surface area is 113 Å². The summed E-state index contributed by atoms with van der Waals surface area (Å²) in [5.41, 5.74) is 0.612. The lowest BCUT2D eigenvalue weighted by Gasteiger charge is -2.31. The van der Waals surface area contributed by atoms with Crippen molar-refractivity contribution in [3.8, 4) is 0 Å². The SMILES string of the molecule is CNC1CCCN(S(=O)(=O)c2cc(C)cc(F)c2)C1. The van der Waals surface area contributed by atoms with Gasteiger partial charge in [0.05, 0.1) is 4.90 Å². The van der Waals surface area contributed by atoms with Gasteiger partial charge in [-0.1, -0.05) is 0 Å². The maximum Gasteiger partial charge on any atom is 0.243 e. The number of hydrogen-bond donors (Lipinski definition) is 1. The Bertz CT molecular complexity index is 540. The van der Waals surface area contributed by atoms with E-state index in [1.54, 1.807) is 6.92 Å². The van der Waals surface area contributed by atoms with Crippen LogP contribution < -0.4 is 5.32 Å². The lowest BCUT2D eigenvalue weighted by molar-refractivity contribution is 0.292. The fourth-order valence-electron chi connectivity index (χ4n) is 2.40. The van der Waals surface area contributed by atoms with E-state index in [1.807, 2.05) is 7.05 Å². The van der Waals surface area contributed by atoms with Gasteiger partial charge in [0.25, 0.3) is 0 Å². The van der Waals surface area contributed by atoms with Crippen LogP contribution in [-0.4, -0.2) is 38.9 Å². The van der Waals surface area contributed by atoms with Crippen LogP contribution in [0.3, 0.4) is 0 Å². The molecule has 0 spiro atoms. The van der Waals surface area contributed by atoms with Gasteiger partial charge >= 0.3 is 0 Å². The van der Waals surface area contributed by atoms with Gasteiger partial charge in [0.2, 0.25) is 10.0 Å². The second kappa shape index (κ2) is 5.56. The third-order valence-electron chi connectivity index (χ3n) is 3.45. The van der Waals surface area contributed by atoms with E-state index in [2.05, 4.69) is 5.32 Å². The zero-order valence-corrected chi connectivity index (χ0v) is 12.0. The summed E-state index contributed by atoms with van der Waals surface area (Å²) in [7, 11) is -1.77. The van der Waals surface area contributed by atoms with Gasteiger partial charge in [-0.2, -0.15) is 4.31 Å². The highest BCUT2D eigenvalue weighted by molar-refractivity contribution is 7.89. The van der Waals surface area contributed by atoms with Crippen molar-refractivity contribution in [2.75, 3.05) is 20.1 Å². The molecule has 1 unspecified atom stereocenters. The van der Waals surface area contributed by atoms with Gasteiger partial charge in [0.15, 0.2) is 0 Å². The largest absolute Gasteiger partial charge is 0.316 e. The molecule has 1 N–H and O–H groups in total. The van der Waals surface area contributed by atoms with Crippen molar-refractivity contribution in [1.29, 1.82) is 0 Å². The van der Waals surface area contributed by atoms with Crippen LogP contribution in [0.1, 0.15) is 18.4 Å². The second-order valence-corrected chi connectivity index (χ2v) is 6.89. The molecule has 1 aromatic carbocycles. The minimum atomic E-state index is -3.60. The minimum absolute atomic E-state index is 0.0433. The van der Waals surface area contributed by atoms with E-state index in [0.29, 0.717) is 18.7 Å². The Morgan fingerprint density at radius 1 is 1.37 bits per heavy atom. The molecule has 1 saturated heterocycles. The van der Waals surface area contributed by atoms with E-state index in [9.17, 15) is 12.8 Å². The van der Waals surface area contributed by atoms with Crippen LogP contribution in [0.5, 0.6) is 0 Å². The van der Waals surface area contributed by atoms with Crippen molar-refractivity contribution in [1.82, 2.24) is 9.62 Å². The lowest BCUT2D eigenvalue weighted by atomic mass is 10.1. The molecule has 0 bridgehead atoms. The number of piperidine rings is 1. The van der Waals surface area contributed by atoms with E-state index < -0.39 is 15.8 Å². The van der Waals surface area contributed by atoms with Crippen LogP contribution in [-0.2, 0) is 10.0 Å². The van der Waals surface area contributed by atoms with E-state index in [0.717, 1.165) is 18.9 Å². The Morgan fingerprint density at radius 3 is 2.74 bits per heavy atom. The van der Waals surface area contributed by atoms with Crippen LogP contribution >= 0.6 is 0 Å². The number of aryl methyl sites for hydroxylation is 1. The highest BCUT2D eigenvalue weighted by atomic mass is 32.2. The Morgan fingerprint density at radius 2 is 2.11 bits per heavy atom. The summed E-state index contributed by atoms with van der Waals surface area (Å²) < 4.78 is 39.8. The molecule has 106 valence electrons. The van der Waals surface area contributed by atoms with Gasteiger partial charge in [-0.3, -0.25) is 0 Å². The number of nitrogens with one attached hydrogen (secondary N) is 1. The molecule has 0 saturated carbocycles. The van der Waals surface area contributed by atoms with Crippen molar-refractivity contribution in [2.24, 2.45) is 0 Å².